The molecule has 78 valence electrons. The molecule has 5 nitrogen and oxygen atoms in total. The number of hydrogen-bond donors (Lipinski definition) is 1. The lowest BCUT2D eigenvalue weighted by Gasteiger charge is -2.09. The summed E-state index contributed by atoms with van der Waals surface area (Å²) in [5, 5.41) is 4.24. The second-order valence-electron chi connectivity index (χ2n) is 3.57. The van der Waals surface area contributed by atoms with E-state index in [0.29, 0.717) is 24.6 Å². The van der Waals surface area contributed by atoms with E-state index in [4.69, 9.17) is 10.5 Å². The number of anilines is 1. The molecule has 1 aliphatic rings. The quantitative estimate of drug-likeness (QED) is 0.793. The van der Waals surface area contributed by atoms with Crippen LogP contribution in [0.4, 0.5) is 5.95 Å². The Morgan fingerprint density at radius 1 is 1.50 bits per heavy atom. The normalized spacial score (nSPS) is 17.5. The van der Waals surface area contributed by atoms with Crippen LogP contribution in [0, 0.1) is 0 Å². The smallest absolute Gasteiger partial charge is 0.337 e. The molecule has 0 unspecified atom stereocenters. The fourth-order valence-electron chi connectivity index (χ4n) is 1.92. The van der Waals surface area contributed by atoms with E-state index in [0.717, 1.165) is 12.8 Å². The predicted octanol–water partition coefficient (Wildman–Crippen LogP) is 1.37. The van der Waals surface area contributed by atoms with Crippen molar-refractivity contribution < 1.29 is 4.74 Å². The van der Waals surface area contributed by atoms with Gasteiger partial charge in [-0.15, -0.1) is 5.10 Å². The molecule has 0 atom stereocenters. The van der Waals surface area contributed by atoms with Gasteiger partial charge in [0.1, 0.15) is 0 Å². The van der Waals surface area contributed by atoms with Crippen molar-refractivity contribution in [2.24, 2.45) is 0 Å². The van der Waals surface area contributed by atoms with Gasteiger partial charge in [0.05, 0.1) is 12.6 Å². The van der Waals surface area contributed by atoms with Gasteiger partial charge in [-0.2, -0.15) is 4.98 Å². The molecule has 2 rings (SSSR count). The third kappa shape index (κ3) is 1.66. The Morgan fingerprint density at radius 2 is 2.21 bits per heavy atom. The maximum absolute atomic E-state index is 5.76. The summed E-state index contributed by atoms with van der Waals surface area (Å²) in [6.07, 6.45) is 4.82. The van der Waals surface area contributed by atoms with E-state index in [9.17, 15) is 0 Å². The Balaban J connectivity index is 2.15. The number of nitrogen functional groups attached to an aromatic ring is 1. The number of hydrogen-bond acceptors (Lipinski definition) is 4. The van der Waals surface area contributed by atoms with Crippen LogP contribution in [0.25, 0.3) is 0 Å². The Morgan fingerprint density at radius 3 is 2.86 bits per heavy atom. The highest BCUT2D eigenvalue weighted by molar-refractivity contribution is 5.19. The summed E-state index contributed by atoms with van der Waals surface area (Å²) < 4.78 is 7.01. The van der Waals surface area contributed by atoms with Gasteiger partial charge in [-0.1, -0.05) is 12.8 Å². The lowest BCUT2D eigenvalue weighted by atomic mass is 10.3. The SMILES string of the molecule is CCOc1nc(N)n(C2CCCC2)n1. The first-order valence-corrected chi connectivity index (χ1v) is 5.16. The van der Waals surface area contributed by atoms with Crippen LogP contribution < -0.4 is 10.5 Å². The summed E-state index contributed by atoms with van der Waals surface area (Å²) in [5.41, 5.74) is 5.76. The summed E-state index contributed by atoms with van der Waals surface area (Å²) in [6, 6.07) is 0.827. The molecular weight excluding hydrogens is 180 g/mol. The van der Waals surface area contributed by atoms with E-state index in [2.05, 4.69) is 10.1 Å². The molecule has 0 amide bonds. The molecule has 0 aliphatic heterocycles. The van der Waals surface area contributed by atoms with Crippen LogP contribution in [0.2, 0.25) is 0 Å². The minimum Gasteiger partial charge on any atom is -0.463 e. The van der Waals surface area contributed by atoms with Crippen molar-refractivity contribution in [3.05, 3.63) is 0 Å². The Bertz CT molecular complexity index is 304. The zero-order chi connectivity index (χ0) is 9.97. The van der Waals surface area contributed by atoms with E-state index >= 15 is 0 Å². The first-order valence-electron chi connectivity index (χ1n) is 5.16. The van der Waals surface area contributed by atoms with Crippen molar-refractivity contribution in [2.45, 2.75) is 38.6 Å². The number of nitrogens with zero attached hydrogens (tertiary/aromatic N) is 3. The highest BCUT2D eigenvalue weighted by Gasteiger charge is 2.21. The van der Waals surface area contributed by atoms with E-state index in [-0.39, 0.29) is 0 Å². The second kappa shape index (κ2) is 3.86. The van der Waals surface area contributed by atoms with Gasteiger partial charge in [-0.25, -0.2) is 4.68 Å². The lowest BCUT2D eigenvalue weighted by Crippen LogP contribution is -2.10. The summed E-state index contributed by atoms with van der Waals surface area (Å²) in [5.74, 6) is 0.473. The topological polar surface area (TPSA) is 66.0 Å². The van der Waals surface area contributed by atoms with Crippen molar-refractivity contribution in [1.82, 2.24) is 14.8 Å². The zero-order valence-electron chi connectivity index (χ0n) is 8.44. The van der Waals surface area contributed by atoms with Gasteiger partial charge in [0.25, 0.3) is 0 Å². The zero-order valence-corrected chi connectivity index (χ0v) is 8.44. The molecule has 0 saturated heterocycles. The second-order valence-corrected chi connectivity index (χ2v) is 3.57. The fourth-order valence-corrected chi connectivity index (χ4v) is 1.92. The predicted molar refractivity (Wildman–Crippen MR) is 53.1 cm³/mol. The largest absolute Gasteiger partial charge is 0.463 e. The van der Waals surface area contributed by atoms with Gasteiger partial charge in [0, 0.05) is 0 Å². The van der Waals surface area contributed by atoms with Gasteiger partial charge in [-0.05, 0) is 19.8 Å². The molecule has 1 aromatic rings. The van der Waals surface area contributed by atoms with Crippen molar-refractivity contribution in [3.63, 3.8) is 0 Å². The number of rotatable bonds is 3. The van der Waals surface area contributed by atoms with Crippen molar-refractivity contribution in [1.29, 1.82) is 0 Å². The number of nitrogens with two attached hydrogens (primary N) is 1. The molecule has 14 heavy (non-hydrogen) atoms. The summed E-state index contributed by atoms with van der Waals surface area (Å²) in [4.78, 5) is 4.05. The molecule has 5 heteroatoms. The van der Waals surface area contributed by atoms with Gasteiger partial charge in [-0.3, -0.25) is 0 Å². The standard InChI is InChI=1S/C9H16N4O/c1-2-14-9-11-8(10)13(12-9)7-5-3-4-6-7/h7H,2-6H2,1H3,(H2,10,11,12). The average molecular weight is 196 g/mol. The first kappa shape index (κ1) is 9.30. The third-order valence-corrected chi connectivity index (χ3v) is 2.58. The monoisotopic (exact) mass is 196 g/mol. The molecule has 1 fully saturated rings. The van der Waals surface area contributed by atoms with Crippen LogP contribution in [0.3, 0.4) is 0 Å². The number of ether oxygens (including phenoxy) is 1. The van der Waals surface area contributed by atoms with Crippen LogP contribution in [0.5, 0.6) is 6.01 Å². The van der Waals surface area contributed by atoms with E-state index in [1.165, 1.54) is 12.8 Å². The summed E-state index contributed by atoms with van der Waals surface area (Å²) in [7, 11) is 0. The molecule has 0 radical (unpaired) electrons. The van der Waals surface area contributed by atoms with Gasteiger partial charge >= 0.3 is 6.01 Å². The molecular formula is C9H16N4O. The van der Waals surface area contributed by atoms with Gasteiger partial charge in [0.15, 0.2) is 0 Å². The highest BCUT2D eigenvalue weighted by atomic mass is 16.5. The van der Waals surface area contributed by atoms with Crippen molar-refractivity contribution in [2.75, 3.05) is 12.3 Å². The van der Waals surface area contributed by atoms with Crippen LogP contribution in [-0.2, 0) is 0 Å². The average Bonchev–Trinajstić information content (AvgIpc) is 2.74. The molecule has 1 aliphatic carbocycles. The molecule has 0 bridgehead atoms. The Kier molecular flexibility index (Phi) is 2.56. The van der Waals surface area contributed by atoms with Gasteiger partial charge < -0.3 is 10.5 Å². The summed E-state index contributed by atoms with van der Waals surface area (Å²) in [6.45, 7) is 2.49. The van der Waals surface area contributed by atoms with E-state index < -0.39 is 0 Å². The first-order chi connectivity index (χ1) is 6.81. The van der Waals surface area contributed by atoms with Crippen LogP contribution in [-0.4, -0.2) is 21.4 Å². The molecule has 1 heterocycles. The molecule has 1 saturated carbocycles. The van der Waals surface area contributed by atoms with Crippen LogP contribution in [0.1, 0.15) is 38.6 Å². The maximum Gasteiger partial charge on any atom is 0.337 e. The minimum absolute atomic E-state index is 0.400. The molecule has 1 aromatic heterocycles. The fraction of sp³-hybridized carbons (Fsp3) is 0.778. The van der Waals surface area contributed by atoms with Crippen molar-refractivity contribution >= 4 is 5.95 Å². The lowest BCUT2D eigenvalue weighted by molar-refractivity contribution is 0.307. The van der Waals surface area contributed by atoms with Crippen LogP contribution in [0.15, 0.2) is 0 Å². The molecule has 0 spiro atoms. The van der Waals surface area contributed by atoms with Crippen molar-refractivity contribution in [3.8, 4) is 6.01 Å². The highest BCUT2D eigenvalue weighted by Crippen LogP contribution is 2.30. The third-order valence-electron chi connectivity index (χ3n) is 2.58. The Hall–Kier alpha value is -1.26. The van der Waals surface area contributed by atoms with Crippen LogP contribution >= 0.6 is 0 Å². The number of aromatic nitrogens is 3. The van der Waals surface area contributed by atoms with E-state index in [1.807, 2.05) is 6.92 Å². The van der Waals surface area contributed by atoms with Gasteiger partial charge in [0.2, 0.25) is 5.95 Å². The molecule has 2 N–H and O–H groups in total. The minimum atomic E-state index is 0.400. The van der Waals surface area contributed by atoms with E-state index in [1.54, 1.807) is 4.68 Å². The Labute approximate surface area is 83.3 Å². The molecule has 0 aromatic carbocycles. The maximum atomic E-state index is 5.76. The summed E-state index contributed by atoms with van der Waals surface area (Å²) >= 11 is 0.